The molecule has 1 aliphatic rings. The van der Waals surface area contributed by atoms with Crippen LogP contribution in [0.3, 0.4) is 0 Å². The molecule has 0 spiro atoms. The minimum atomic E-state index is -0.450. The fourth-order valence-electron chi connectivity index (χ4n) is 3.62. The van der Waals surface area contributed by atoms with E-state index < -0.39 is 5.82 Å². The van der Waals surface area contributed by atoms with Crippen LogP contribution in [-0.4, -0.2) is 51.9 Å². The van der Waals surface area contributed by atoms with Gasteiger partial charge < -0.3 is 14.9 Å². The number of nitrogens with one attached hydrogen (secondary N) is 2. The molecular weight excluding hydrogens is 363 g/mol. The number of piperazine rings is 1. The van der Waals surface area contributed by atoms with Crippen molar-refractivity contribution >= 4 is 29.2 Å². The molecule has 0 radical (unpaired) electrons. The van der Waals surface area contributed by atoms with E-state index in [1.54, 1.807) is 4.90 Å². The minimum Gasteiger partial charge on any atom is -0.336 e. The molecule has 1 amide bonds. The maximum atomic E-state index is 13.9. The van der Waals surface area contributed by atoms with E-state index in [-0.39, 0.29) is 5.91 Å². The van der Waals surface area contributed by atoms with Gasteiger partial charge in [0.1, 0.15) is 5.82 Å². The lowest BCUT2D eigenvalue weighted by Gasteiger charge is -2.35. The number of halogens is 1. The third-order valence-electron chi connectivity index (χ3n) is 4.97. The second kappa shape index (κ2) is 7.25. The number of hydrogen-bond acceptors (Lipinski definition) is 3. The number of aromatic nitrogens is 2. The highest BCUT2D eigenvalue weighted by Crippen LogP contribution is 2.20. The minimum absolute atomic E-state index is 0.167. The van der Waals surface area contributed by atoms with Gasteiger partial charge in [0.15, 0.2) is 4.77 Å². The van der Waals surface area contributed by atoms with E-state index in [4.69, 9.17) is 12.2 Å². The average molecular weight is 384 g/mol. The van der Waals surface area contributed by atoms with Gasteiger partial charge in [-0.15, -0.1) is 0 Å². The topological polar surface area (TPSA) is 55.1 Å². The summed E-state index contributed by atoms with van der Waals surface area (Å²) in [6.45, 7) is 5.79. The summed E-state index contributed by atoms with van der Waals surface area (Å²) in [5, 5.41) is 0. The molecule has 0 aliphatic carbocycles. The van der Waals surface area contributed by atoms with Crippen LogP contribution in [0.2, 0.25) is 0 Å². The lowest BCUT2D eigenvalue weighted by Crippen LogP contribution is -2.48. The largest absolute Gasteiger partial charge is 0.336 e. The van der Waals surface area contributed by atoms with Crippen LogP contribution in [0, 0.1) is 17.5 Å². The maximum Gasteiger partial charge on any atom is 0.256 e. The van der Waals surface area contributed by atoms with E-state index in [9.17, 15) is 9.18 Å². The van der Waals surface area contributed by atoms with E-state index >= 15 is 0 Å². The van der Waals surface area contributed by atoms with Gasteiger partial charge in [0.05, 0.1) is 16.6 Å². The first-order chi connectivity index (χ1) is 13.0. The Morgan fingerprint density at radius 1 is 1.15 bits per heavy atom. The molecule has 27 heavy (non-hydrogen) atoms. The molecule has 5 nitrogen and oxygen atoms in total. The van der Waals surface area contributed by atoms with Gasteiger partial charge in [0.25, 0.3) is 5.91 Å². The number of H-pyrrole nitrogens is 2. The number of benzene rings is 2. The van der Waals surface area contributed by atoms with Gasteiger partial charge in [-0.2, -0.15) is 0 Å². The van der Waals surface area contributed by atoms with Crippen LogP contribution in [0.15, 0.2) is 36.4 Å². The third kappa shape index (κ3) is 3.79. The average Bonchev–Trinajstić information content (AvgIpc) is 3.01. The van der Waals surface area contributed by atoms with Crippen molar-refractivity contribution in [1.82, 2.24) is 19.8 Å². The van der Waals surface area contributed by atoms with Crippen LogP contribution in [0.25, 0.3) is 11.0 Å². The van der Waals surface area contributed by atoms with Gasteiger partial charge >= 0.3 is 0 Å². The van der Waals surface area contributed by atoms with Crippen molar-refractivity contribution in [3.63, 3.8) is 0 Å². The first-order valence-corrected chi connectivity index (χ1v) is 9.39. The van der Waals surface area contributed by atoms with Crippen LogP contribution in [0.4, 0.5) is 4.39 Å². The smallest absolute Gasteiger partial charge is 0.256 e. The van der Waals surface area contributed by atoms with Gasteiger partial charge in [0, 0.05) is 32.7 Å². The molecule has 0 atom stereocenters. The summed E-state index contributed by atoms with van der Waals surface area (Å²) < 4.78 is 14.3. The number of carbonyl (C=O) groups excluding carboxylic acids is 1. The highest BCUT2D eigenvalue weighted by Gasteiger charge is 2.24. The van der Waals surface area contributed by atoms with Crippen molar-refractivity contribution < 1.29 is 9.18 Å². The van der Waals surface area contributed by atoms with E-state index in [2.05, 4.69) is 46.1 Å². The van der Waals surface area contributed by atoms with Crippen molar-refractivity contribution in [2.24, 2.45) is 0 Å². The van der Waals surface area contributed by atoms with Crippen LogP contribution in [0.1, 0.15) is 21.5 Å². The Kier molecular flexibility index (Phi) is 4.80. The number of fused-ring (bicyclic) bond motifs is 1. The van der Waals surface area contributed by atoms with Crippen LogP contribution < -0.4 is 0 Å². The number of aromatic amines is 2. The summed E-state index contributed by atoms with van der Waals surface area (Å²) in [7, 11) is 0. The standard InChI is InChI=1S/C20H21FN4OS/c1-13-3-2-4-14(9-13)12-24-5-7-25(8-6-24)19(26)16-10-15(21)11-17-18(16)23-20(27)22-17/h2-4,9-11H,5-8,12H2,1H3,(H2,22,23,27). The normalized spacial score (nSPS) is 15.4. The Hall–Kier alpha value is -2.51. The molecule has 2 heterocycles. The molecule has 7 heteroatoms. The molecule has 2 N–H and O–H groups in total. The third-order valence-corrected chi connectivity index (χ3v) is 5.17. The second-order valence-electron chi connectivity index (χ2n) is 7.01. The number of hydrogen-bond donors (Lipinski definition) is 2. The quantitative estimate of drug-likeness (QED) is 0.678. The maximum absolute atomic E-state index is 13.9. The molecule has 140 valence electrons. The number of rotatable bonds is 3. The van der Waals surface area contributed by atoms with Crippen molar-refractivity contribution in [3.8, 4) is 0 Å². The molecule has 1 fully saturated rings. The highest BCUT2D eigenvalue weighted by molar-refractivity contribution is 7.71. The zero-order valence-corrected chi connectivity index (χ0v) is 15.9. The summed E-state index contributed by atoms with van der Waals surface area (Å²) >= 11 is 5.08. The van der Waals surface area contributed by atoms with Gasteiger partial charge in [0.2, 0.25) is 0 Å². The van der Waals surface area contributed by atoms with Crippen molar-refractivity contribution in [1.29, 1.82) is 0 Å². The van der Waals surface area contributed by atoms with E-state index in [1.165, 1.54) is 23.3 Å². The predicted octanol–water partition coefficient (Wildman–Crippen LogP) is 3.63. The van der Waals surface area contributed by atoms with E-state index in [1.807, 2.05) is 0 Å². The molecule has 0 bridgehead atoms. The summed E-state index contributed by atoms with van der Waals surface area (Å²) in [4.78, 5) is 22.9. The number of carbonyl (C=O) groups is 1. The highest BCUT2D eigenvalue weighted by atomic mass is 32.1. The molecule has 1 saturated heterocycles. The first-order valence-electron chi connectivity index (χ1n) is 8.98. The van der Waals surface area contributed by atoms with Crippen LogP contribution in [0.5, 0.6) is 0 Å². The Morgan fingerprint density at radius 3 is 2.67 bits per heavy atom. The molecule has 1 aliphatic heterocycles. The second-order valence-corrected chi connectivity index (χ2v) is 7.42. The number of nitrogens with zero attached hydrogens (tertiary/aromatic N) is 2. The van der Waals surface area contributed by atoms with Gasteiger partial charge in [-0.05, 0) is 36.8 Å². The molecule has 1 aromatic heterocycles. The summed E-state index contributed by atoms with van der Waals surface area (Å²) in [6, 6.07) is 11.1. The van der Waals surface area contributed by atoms with Crippen LogP contribution >= 0.6 is 12.2 Å². The van der Waals surface area contributed by atoms with Crippen molar-refractivity contribution in [3.05, 3.63) is 63.7 Å². The van der Waals surface area contributed by atoms with Gasteiger partial charge in [-0.25, -0.2) is 4.39 Å². The monoisotopic (exact) mass is 384 g/mol. The number of aryl methyl sites for hydroxylation is 1. The van der Waals surface area contributed by atoms with Crippen LogP contribution in [-0.2, 0) is 6.54 Å². The first kappa shape index (κ1) is 17.9. The fourth-order valence-corrected chi connectivity index (χ4v) is 3.84. The molecule has 0 saturated carbocycles. The van der Waals surface area contributed by atoms with E-state index in [0.717, 1.165) is 19.6 Å². The molecule has 3 aromatic rings. The van der Waals surface area contributed by atoms with Gasteiger partial charge in [-0.3, -0.25) is 9.69 Å². The Labute approximate surface area is 161 Å². The predicted molar refractivity (Wildman–Crippen MR) is 106 cm³/mol. The van der Waals surface area contributed by atoms with Gasteiger partial charge in [-0.1, -0.05) is 29.8 Å². The zero-order valence-electron chi connectivity index (χ0n) is 15.1. The SMILES string of the molecule is Cc1cccc(CN2CCN(C(=O)c3cc(F)cc4[nH]c(=S)[nH]c34)CC2)c1. The lowest BCUT2D eigenvalue weighted by molar-refractivity contribution is 0.0630. The summed E-state index contributed by atoms with van der Waals surface area (Å²) in [5.74, 6) is -0.617. The van der Waals surface area contributed by atoms with E-state index in [0.29, 0.717) is 34.5 Å². The molecule has 0 unspecified atom stereocenters. The fraction of sp³-hybridized carbons (Fsp3) is 0.300. The molecule has 4 rings (SSSR count). The van der Waals surface area contributed by atoms with Crippen molar-refractivity contribution in [2.75, 3.05) is 26.2 Å². The molecule has 2 aromatic carbocycles. The number of amides is 1. The van der Waals surface area contributed by atoms with Crippen molar-refractivity contribution in [2.45, 2.75) is 13.5 Å². The zero-order chi connectivity index (χ0) is 19.0. The number of imidazole rings is 1. The Bertz CT molecular complexity index is 1050. The summed E-state index contributed by atoms with van der Waals surface area (Å²) in [6.07, 6.45) is 0. The lowest BCUT2D eigenvalue weighted by atomic mass is 10.1. The Balaban J connectivity index is 1.47. The Morgan fingerprint density at radius 2 is 1.93 bits per heavy atom. The summed E-state index contributed by atoms with van der Waals surface area (Å²) in [5.41, 5.74) is 3.93. The molecular formula is C20H21FN4OS.